The highest BCUT2D eigenvalue weighted by atomic mass is 16.6. The highest BCUT2D eigenvalue weighted by Crippen LogP contribution is 2.40. The van der Waals surface area contributed by atoms with Crippen LogP contribution in [0.1, 0.15) is 36.0 Å². The number of carbonyl (C=O) groups is 1. The van der Waals surface area contributed by atoms with Gasteiger partial charge in [0.2, 0.25) is 0 Å². The van der Waals surface area contributed by atoms with Gasteiger partial charge < -0.3 is 9.57 Å². The molecule has 0 saturated carbocycles. The fraction of sp³-hybridized carbons (Fsp3) is 0.333. The van der Waals surface area contributed by atoms with E-state index in [1.165, 1.54) is 11.6 Å². The summed E-state index contributed by atoms with van der Waals surface area (Å²) in [5, 5.41) is 12.9. The van der Waals surface area contributed by atoms with Crippen molar-refractivity contribution < 1.29 is 19.6 Å². The molecular formula is C24H27N3O4. The molecule has 7 nitrogen and oxygen atoms in total. The molecule has 4 rings (SSSR count). The summed E-state index contributed by atoms with van der Waals surface area (Å²) in [7, 11) is 1.55. The Morgan fingerprint density at radius 3 is 2.74 bits per heavy atom. The molecule has 7 heteroatoms. The molecule has 2 aromatic carbocycles. The fourth-order valence-electron chi connectivity index (χ4n) is 4.28. The molecule has 0 radical (unpaired) electrons. The third-order valence-electron chi connectivity index (χ3n) is 5.89. The van der Waals surface area contributed by atoms with Crippen molar-refractivity contribution in [1.29, 1.82) is 0 Å². The molecule has 0 unspecified atom stereocenters. The standard InChI is InChI=1S/C24H27N3O4/c1-30-26-21-16-24(11-13-27(14-12-24)17-19-5-3-2-4-6-19)31-22-9-7-18(15-20(21)22)8-10-23(28)25-29/h2-10,15,29H,11-14,16-17H2,1H3,(H,25,28)/b10-8+,26-21+. The van der Waals surface area contributed by atoms with Crippen molar-refractivity contribution in [2.24, 2.45) is 5.16 Å². The van der Waals surface area contributed by atoms with Gasteiger partial charge in [-0.25, -0.2) is 5.48 Å². The number of benzene rings is 2. The molecule has 1 fully saturated rings. The van der Waals surface area contributed by atoms with E-state index in [-0.39, 0.29) is 5.60 Å². The second-order valence-corrected chi connectivity index (χ2v) is 8.01. The third-order valence-corrected chi connectivity index (χ3v) is 5.89. The van der Waals surface area contributed by atoms with Gasteiger partial charge in [-0.05, 0) is 29.3 Å². The Labute approximate surface area is 181 Å². The largest absolute Gasteiger partial charge is 0.486 e. The highest BCUT2D eigenvalue weighted by molar-refractivity contribution is 6.04. The summed E-state index contributed by atoms with van der Waals surface area (Å²) >= 11 is 0. The summed E-state index contributed by atoms with van der Waals surface area (Å²) in [5.74, 6) is 0.197. The lowest BCUT2D eigenvalue weighted by Crippen LogP contribution is -2.50. The number of nitrogens with one attached hydrogen (secondary N) is 1. The van der Waals surface area contributed by atoms with E-state index in [0.717, 1.165) is 55.1 Å². The monoisotopic (exact) mass is 421 g/mol. The molecule has 31 heavy (non-hydrogen) atoms. The average Bonchev–Trinajstić information content (AvgIpc) is 2.80. The van der Waals surface area contributed by atoms with Crippen LogP contribution >= 0.6 is 0 Å². The van der Waals surface area contributed by atoms with Gasteiger partial charge in [0.25, 0.3) is 5.91 Å². The Balaban J connectivity index is 1.50. The Morgan fingerprint density at radius 2 is 2.03 bits per heavy atom. The number of amides is 1. The van der Waals surface area contributed by atoms with Crippen LogP contribution in [0.5, 0.6) is 5.75 Å². The van der Waals surface area contributed by atoms with Crippen molar-refractivity contribution in [2.75, 3.05) is 20.2 Å². The van der Waals surface area contributed by atoms with E-state index < -0.39 is 5.91 Å². The number of piperidine rings is 1. The fourth-order valence-corrected chi connectivity index (χ4v) is 4.28. The summed E-state index contributed by atoms with van der Waals surface area (Å²) in [6.07, 6.45) is 5.41. The molecule has 0 bridgehead atoms. The Bertz CT molecular complexity index is 980. The topological polar surface area (TPSA) is 83.4 Å². The maximum Gasteiger partial charge on any atom is 0.267 e. The van der Waals surface area contributed by atoms with Crippen LogP contribution in [-0.4, -0.2) is 47.5 Å². The predicted octanol–water partition coefficient (Wildman–Crippen LogP) is 3.37. The molecule has 2 aromatic rings. The third kappa shape index (κ3) is 4.95. The summed E-state index contributed by atoms with van der Waals surface area (Å²) in [4.78, 5) is 18.9. The zero-order chi connectivity index (χ0) is 21.7. The van der Waals surface area contributed by atoms with Gasteiger partial charge in [0.15, 0.2) is 0 Å². The molecule has 2 heterocycles. The molecule has 0 aromatic heterocycles. The first-order valence-corrected chi connectivity index (χ1v) is 10.4. The van der Waals surface area contributed by atoms with Crippen molar-refractivity contribution in [3.63, 3.8) is 0 Å². The SMILES string of the molecule is CO/N=C1\CC2(CCN(Cc3ccccc3)CC2)Oc2ccc(/C=C/C(=O)NO)cc21. The Hall–Kier alpha value is -3.16. The van der Waals surface area contributed by atoms with Gasteiger partial charge in [-0.2, -0.15) is 0 Å². The van der Waals surface area contributed by atoms with Gasteiger partial charge in [-0.1, -0.05) is 41.6 Å². The van der Waals surface area contributed by atoms with Crippen molar-refractivity contribution >= 4 is 17.7 Å². The van der Waals surface area contributed by atoms with Gasteiger partial charge in [0, 0.05) is 50.5 Å². The molecule has 1 amide bonds. The predicted molar refractivity (Wildman–Crippen MR) is 118 cm³/mol. The zero-order valence-electron chi connectivity index (χ0n) is 17.6. The molecule has 2 aliphatic rings. The lowest BCUT2D eigenvalue weighted by atomic mass is 9.81. The molecule has 162 valence electrons. The van der Waals surface area contributed by atoms with Gasteiger partial charge >= 0.3 is 0 Å². The lowest BCUT2D eigenvalue weighted by molar-refractivity contribution is -0.124. The minimum absolute atomic E-state index is 0.286. The van der Waals surface area contributed by atoms with Crippen molar-refractivity contribution in [3.05, 3.63) is 71.3 Å². The number of carbonyl (C=O) groups excluding carboxylic acids is 1. The molecule has 2 aliphatic heterocycles. The van der Waals surface area contributed by atoms with Crippen LogP contribution < -0.4 is 10.2 Å². The number of likely N-dealkylation sites (tertiary alicyclic amines) is 1. The second-order valence-electron chi connectivity index (χ2n) is 8.01. The quantitative estimate of drug-likeness (QED) is 0.439. The maximum absolute atomic E-state index is 11.3. The minimum atomic E-state index is -0.582. The number of hydrogen-bond donors (Lipinski definition) is 2. The first-order chi connectivity index (χ1) is 15.1. The second kappa shape index (κ2) is 9.32. The smallest absolute Gasteiger partial charge is 0.267 e. The van der Waals surface area contributed by atoms with Crippen LogP contribution in [-0.2, 0) is 16.2 Å². The number of nitrogens with zero attached hydrogens (tertiary/aromatic N) is 2. The van der Waals surface area contributed by atoms with Crippen molar-refractivity contribution in [2.45, 2.75) is 31.4 Å². The van der Waals surface area contributed by atoms with E-state index in [9.17, 15) is 4.79 Å². The van der Waals surface area contributed by atoms with Gasteiger partial charge in [-0.15, -0.1) is 0 Å². The van der Waals surface area contributed by atoms with Crippen LogP contribution in [0.15, 0.2) is 59.8 Å². The molecule has 0 atom stereocenters. The summed E-state index contributed by atoms with van der Waals surface area (Å²) in [5.41, 5.74) is 5.15. The van der Waals surface area contributed by atoms with E-state index in [1.54, 1.807) is 18.7 Å². The number of oxime groups is 1. The van der Waals surface area contributed by atoms with Gasteiger partial charge in [-0.3, -0.25) is 14.9 Å². The van der Waals surface area contributed by atoms with E-state index in [2.05, 4.69) is 34.3 Å². The normalized spacial score (nSPS) is 19.2. The number of rotatable bonds is 5. The number of fused-ring (bicyclic) bond motifs is 1. The van der Waals surface area contributed by atoms with Gasteiger partial charge in [0.1, 0.15) is 18.5 Å². The summed E-state index contributed by atoms with van der Waals surface area (Å²) in [6.45, 7) is 2.87. The van der Waals surface area contributed by atoms with Crippen LogP contribution in [0.4, 0.5) is 0 Å². The lowest BCUT2D eigenvalue weighted by Gasteiger charge is -2.44. The zero-order valence-corrected chi connectivity index (χ0v) is 17.6. The molecule has 1 saturated heterocycles. The molecule has 2 N–H and O–H groups in total. The summed E-state index contributed by atoms with van der Waals surface area (Å²) < 4.78 is 6.53. The molecule has 0 aliphatic carbocycles. The van der Waals surface area contributed by atoms with Crippen molar-refractivity contribution in [1.82, 2.24) is 10.4 Å². The van der Waals surface area contributed by atoms with Crippen LogP contribution in [0.3, 0.4) is 0 Å². The molecule has 1 spiro atoms. The minimum Gasteiger partial charge on any atom is -0.486 e. The van der Waals surface area contributed by atoms with E-state index in [0.29, 0.717) is 6.42 Å². The highest BCUT2D eigenvalue weighted by Gasteiger charge is 2.42. The van der Waals surface area contributed by atoms with E-state index >= 15 is 0 Å². The first kappa shape index (κ1) is 21.1. The Morgan fingerprint density at radius 1 is 1.26 bits per heavy atom. The van der Waals surface area contributed by atoms with Crippen LogP contribution in [0.25, 0.3) is 6.08 Å². The first-order valence-electron chi connectivity index (χ1n) is 10.4. The van der Waals surface area contributed by atoms with Gasteiger partial charge in [0.05, 0.1) is 5.71 Å². The van der Waals surface area contributed by atoms with Crippen LogP contribution in [0, 0.1) is 0 Å². The summed E-state index contributed by atoms with van der Waals surface area (Å²) in [6, 6.07) is 16.2. The average molecular weight is 421 g/mol. The van der Waals surface area contributed by atoms with E-state index in [4.69, 9.17) is 14.8 Å². The number of hydrogen-bond acceptors (Lipinski definition) is 6. The number of hydroxylamine groups is 1. The van der Waals surface area contributed by atoms with Crippen molar-refractivity contribution in [3.8, 4) is 5.75 Å². The molecular weight excluding hydrogens is 394 g/mol. The maximum atomic E-state index is 11.3. The Kier molecular flexibility index (Phi) is 6.34. The van der Waals surface area contributed by atoms with Crippen LogP contribution in [0.2, 0.25) is 0 Å². The number of ether oxygens (including phenoxy) is 1. The van der Waals surface area contributed by atoms with E-state index in [1.807, 2.05) is 24.3 Å².